The Kier molecular flexibility index (Phi) is 5.97. The summed E-state index contributed by atoms with van der Waals surface area (Å²) in [6, 6.07) is 5.81. The monoisotopic (exact) mass is 386 g/mol. The largest absolute Gasteiger partial charge is 0.493 e. The lowest BCUT2D eigenvalue weighted by Gasteiger charge is -2.28. The zero-order valence-corrected chi connectivity index (χ0v) is 16.3. The summed E-state index contributed by atoms with van der Waals surface area (Å²) in [5.74, 6) is 6.59. The number of hydrogen-bond donors (Lipinski definition) is 0. The number of hydrogen-bond acceptors (Lipinski definition) is 4. The van der Waals surface area contributed by atoms with Gasteiger partial charge >= 0.3 is 0 Å². The zero-order valence-electron chi connectivity index (χ0n) is 14.7. The lowest BCUT2D eigenvalue weighted by molar-refractivity contribution is 0.0741. The smallest absolute Gasteiger partial charge is 0.258 e. The van der Waals surface area contributed by atoms with Crippen molar-refractivity contribution in [2.45, 2.75) is 19.8 Å². The molecule has 3 heterocycles. The highest BCUT2D eigenvalue weighted by Crippen LogP contribution is 2.36. The molecule has 134 valence electrons. The van der Waals surface area contributed by atoms with Gasteiger partial charge < -0.3 is 9.64 Å². The van der Waals surface area contributed by atoms with Crippen LogP contribution in [0.25, 0.3) is 0 Å². The summed E-state index contributed by atoms with van der Waals surface area (Å²) in [6.07, 6.45) is 3.59. The average Bonchev–Trinajstić information content (AvgIpc) is 3.02. The topological polar surface area (TPSA) is 42.4 Å². The summed E-state index contributed by atoms with van der Waals surface area (Å²) in [7, 11) is 1.53. The van der Waals surface area contributed by atoms with Crippen molar-refractivity contribution in [1.29, 1.82) is 0 Å². The number of pyridine rings is 1. The third-order valence-electron chi connectivity index (χ3n) is 4.20. The molecule has 0 spiro atoms. The Hall–Kier alpha value is -2.29. The van der Waals surface area contributed by atoms with E-state index in [9.17, 15) is 4.79 Å². The van der Waals surface area contributed by atoms with E-state index in [0.29, 0.717) is 28.7 Å². The number of aromatic nitrogens is 1. The molecule has 0 aliphatic carbocycles. The minimum Gasteiger partial charge on any atom is -0.493 e. The van der Waals surface area contributed by atoms with E-state index in [2.05, 4.69) is 16.8 Å². The van der Waals surface area contributed by atoms with Gasteiger partial charge in [-0.3, -0.25) is 4.79 Å². The SMILES string of the molecule is COc1c(C(=O)N2CCC(=CC#Cc3cccc(C)n3)CC2)csc1Cl. The van der Waals surface area contributed by atoms with Gasteiger partial charge in [-0.2, -0.15) is 0 Å². The van der Waals surface area contributed by atoms with Crippen molar-refractivity contribution in [3.8, 4) is 17.6 Å². The number of carbonyl (C=O) groups excluding carboxylic acids is 1. The van der Waals surface area contributed by atoms with Crippen LogP contribution in [-0.2, 0) is 0 Å². The molecule has 6 heteroatoms. The number of amides is 1. The Bertz CT molecular complexity index is 898. The number of ether oxygens (including phenoxy) is 1. The second-order valence-electron chi connectivity index (χ2n) is 5.98. The van der Waals surface area contributed by atoms with Crippen molar-refractivity contribution >= 4 is 28.8 Å². The van der Waals surface area contributed by atoms with Gasteiger partial charge in [0.15, 0.2) is 5.75 Å². The standard InChI is InChI=1S/C20H19ClN2O2S/c1-14-5-3-7-16(22-14)8-4-6-15-9-11-23(12-10-15)20(24)17-13-26-19(21)18(17)25-2/h3,5-7,13H,9-12H2,1-2H3. The van der Waals surface area contributed by atoms with Gasteiger partial charge in [0.25, 0.3) is 5.91 Å². The summed E-state index contributed by atoms with van der Waals surface area (Å²) < 4.78 is 5.76. The van der Waals surface area contributed by atoms with Crippen molar-refractivity contribution in [1.82, 2.24) is 9.88 Å². The van der Waals surface area contributed by atoms with E-state index in [-0.39, 0.29) is 5.91 Å². The normalized spacial score (nSPS) is 13.8. The summed E-state index contributed by atoms with van der Waals surface area (Å²) in [4.78, 5) is 18.9. The van der Waals surface area contributed by atoms with Crippen LogP contribution in [0.3, 0.4) is 0 Å². The first kappa shape index (κ1) is 18.5. The van der Waals surface area contributed by atoms with Crippen molar-refractivity contribution in [3.05, 3.63) is 56.5 Å². The summed E-state index contributed by atoms with van der Waals surface area (Å²) in [6.45, 7) is 3.29. The maximum Gasteiger partial charge on any atom is 0.258 e. The molecule has 3 rings (SSSR count). The van der Waals surface area contributed by atoms with Crippen LogP contribution in [0.5, 0.6) is 5.75 Å². The minimum absolute atomic E-state index is 0.0286. The second kappa shape index (κ2) is 8.39. The number of methoxy groups -OCH3 is 1. The number of aryl methyl sites for hydroxylation is 1. The van der Waals surface area contributed by atoms with Gasteiger partial charge in [0, 0.05) is 24.2 Å². The second-order valence-corrected chi connectivity index (χ2v) is 7.47. The number of piperidine rings is 1. The fourth-order valence-electron chi connectivity index (χ4n) is 2.80. The molecule has 0 saturated carbocycles. The first-order valence-corrected chi connectivity index (χ1v) is 9.57. The van der Waals surface area contributed by atoms with Gasteiger partial charge in [-0.25, -0.2) is 4.98 Å². The molecule has 0 radical (unpaired) electrons. The van der Waals surface area contributed by atoms with Crippen LogP contribution in [0.2, 0.25) is 4.34 Å². The molecule has 0 aromatic carbocycles. The molecule has 0 bridgehead atoms. The molecule has 1 fully saturated rings. The van der Waals surface area contributed by atoms with Gasteiger partial charge in [-0.1, -0.05) is 29.2 Å². The summed E-state index contributed by atoms with van der Waals surface area (Å²) >= 11 is 7.38. The molecule has 1 aliphatic heterocycles. The summed E-state index contributed by atoms with van der Waals surface area (Å²) in [5, 5.41) is 1.76. The number of thiophene rings is 1. The molecule has 0 N–H and O–H groups in total. The van der Waals surface area contributed by atoms with Crippen molar-refractivity contribution < 1.29 is 9.53 Å². The summed E-state index contributed by atoms with van der Waals surface area (Å²) in [5.41, 5.74) is 3.53. The number of carbonyl (C=O) groups is 1. The van der Waals surface area contributed by atoms with Gasteiger partial charge in [-0.15, -0.1) is 11.3 Å². The van der Waals surface area contributed by atoms with E-state index in [1.807, 2.05) is 36.1 Å². The molecular formula is C20H19ClN2O2S. The number of halogens is 1. The Morgan fingerprint density at radius 1 is 1.38 bits per heavy atom. The van der Waals surface area contributed by atoms with Crippen LogP contribution in [0, 0.1) is 18.8 Å². The van der Waals surface area contributed by atoms with E-state index in [1.54, 1.807) is 5.38 Å². The van der Waals surface area contributed by atoms with Crippen LogP contribution >= 0.6 is 22.9 Å². The molecule has 0 atom stereocenters. The first-order valence-electron chi connectivity index (χ1n) is 8.32. The fraction of sp³-hybridized carbons (Fsp3) is 0.300. The molecule has 1 aliphatic rings. The molecular weight excluding hydrogens is 368 g/mol. The Morgan fingerprint density at radius 2 is 2.15 bits per heavy atom. The first-order chi connectivity index (χ1) is 12.6. The predicted octanol–water partition coefficient (Wildman–Crippen LogP) is 4.33. The lowest BCUT2D eigenvalue weighted by atomic mass is 10.0. The average molecular weight is 387 g/mol. The van der Waals surface area contributed by atoms with Crippen LogP contribution in [0.1, 0.15) is 34.6 Å². The Labute approximate surface area is 162 Å². The Morgan fingerprint density at radius 3 is 2.85 bits per heavy atom. The van der Waals surface area contributed by atoms with Gasteiger partial charge in [-0.05, 0) is 43.9 Å². The fourth-order valence-corrected chi connectivity index (χ4v) is 3.84. The number of rotatable bonds is 2. The van der Waals surface area contributed by atoms with E-state index in [1.165, 1.54) is 24.0 Å². The molecule has 1 amide bonds. The van der Waals surface area contributed by atoms with Crippen LogP contribution in [0.15, 0.2) is 35.2 Å². The molecule has 2 aromatic rings. The predicted molar refractivity (Wildman–Crippen MR) is 105 cm³/mol. The maximum atomic E-state index is 12.7. The quantitative estimate of drug-likeness (QED) is 0.721. The van der Waals surface area contributed by atoms with Gasteiger partial charge in [0.05, 0.1) is 12.7 Å². The molecule has 4 nitrogen and oxygen atoms in total. The van der Waals surface area contributed by atoms with E-state index in [4.69, 9.17) is 16.3 Å². The maximum absolute atomic E-state index is 12.7. The number of nitrogens with zero attached hydrogens (tertiary/aromatic N) is 2. The van der Waals surface area contributed by atoms with E-state index in [0.717, 1.165) is 24.2 Å². The van der Waals surface area contributed by atoms with Gasteiger partial charge in [0.1, 0.15) is 10.0 Å². The highest BCUT2D eigenvalue weighted by atomic mass is 35.5. The minimum atomic E-state index is -0.0286. The molecule has 1 saturated heterocycles. The van der Waals surface area contributed by atoms with Crippen molar-refractivity contribution in [2.24, 2.45) is 0 Å². The lowest BCUT2D eigenvalue weighted by Crippen LogP contribution is -2.36. The van der Waals surface area contributed by atoms with Gasteiger partial charge in [0.2, 0.25) is 0 Å². The van der Waals surface area contributed by atoms with Crippen molar-refractivity contribution in [2.75, 3.05) is 20.2 Å². The van der Waals surface area contributed by atoms with Crippen molar-refractivity contribution in [3.63, 3.8) is 0 Å². The number of likely N-dealkylation sites (tertiary alicyclic amines) is 1. The highest BCUT2D eigenvalue weighted by molar-refractivity contribution is 7.15. The molecule has 26 heavy (non-hydrogen) atoms. The van der Waals surface area contributed by atoms with Crippen LogP contribution in [-0.4, -0.2) is 36.0 Å². The van der Waals surface area contributed by atoms with Crippen LogP contribution < -0.4 is 4.74 Å². The highest BCUT2D eigenvalue weighted by Gasteiger charge is 2.25. The molecule has 2 aromatic heterocycles. The van der Waals surface area contributed by atoms with E-state index >= 15 is 0 Å². The molecule has 0 unspecified atom stereocenters. The zero-order chi connectivity index (χ0) is 18.5. The number of allylic oxidation sites excluding steroid dienone is 1. The third-order valence-corrected chi connectivity index (χ3v) is 5.38. The Balaban J connectivity index is 1.61. The van der Waals surface area contributed by atoms with Crippen LogP contribution in [0.4, 0.5) is 0 Å². The third kappa shape index (κ3) is 4.27. The van der Waals surface area contributed by atoms with E-state index < -0.39 is 0 Å².